The Balaban J connectivity index is 1.57. The van der Waals surface area contributed by atoms with E-state index in [1.807, 2.05) is 20.8 Å². The molecule has 11 nitrogen and oxygen atoms in total. The van der Waals surface area contributed by atoms with Crippen LogP contribution < -0.4 is 16.0 Å². The van der Waals surface area contributed by atoms with Gasteiger partial charge in [-0.15, -0.1) is 0 Å². The van der Waals surface area contributed by atoms with Crippen molar-refractivity contribution >= 4 is 51.2 Å². The van der Waals surface area contributed by atoms with E-state index in [9.17, 15) is 29.1 Å². The number of phenols is 1. The van der Waals surface area contributed by atoms with Gasteiger partial charge >= 0.3 is 5.97 Å². The van der Waals surface area contributed by atoms with Crippen LogP contribution in [0.1, 0.15) is 91.5 Å². The van der Waals surface area contributed by atoms with Crippen molar-refractivity contribution in [3.8, 4) is 5.75 Å². The first-order chi connectivity index (χ1) is 22.0. The minimum atomic E-state index is -0.920. The number of rotatable bonds is 4. The third-order valence-corrected chi connectivity index (χ3v) is 11.4. The predicted molar refractivity (Wildman–Crippen MR) is 184 cm³/mol. The fourth-order valence-corrected chi connectivity index (χ4v) is 8.87. The van der Waals surface area contributed by atoms with E-state index >= 15 is 0 Å². The standard InChI is InChI=1S/C34H50N4O7S2/c1-32(2,3)31(44)38-18-13-23(21-9-11-22(39)12-10-21)26(38)28(41)36-24-19-46-47-20-25(29(42)45-33(4,5)6)37-30(43)34(14-7-8-15-34)16-17-35-27(24)40/h9-12,23-26,39H,7-8,13-20H2,1-6H3,(H,35,40)(H,36,41)(H,37,43)/t23?,24-,25-,26?/m0/s1. The van der Waals surface area contributed by atoms with Gasteiger partial charge < -0.3 is 30.7 Å². The summed E-state index contributed by atoms with van der Waals surface area (Å²) in [7, 11) is 2.64. The zero-order chi connectivity index (χ0) is 34.6. The third-order valence-electron chi connectivity index (χ3n) is 9.02. The number of carbonyl (C=O) groups excluding carboxylic acids is 5. The SMILES string of the molecule is CC(C)(C)OC(=O)[C@@H]1CSSC[C@H](NC(=O)C2C(c3ccc(O)cc3)CCN2C(=O)C(C)(C)C)C(=O)NCCC2(CCCC2)C(=O)N1. The Labute approximate surface area is 285 Å². The van der Waals surface area contributed by atoms with Crippen molar-refractivity contribution in [2.24, 2.45) is 10.8 Å². The van der Waals surface area contributed by atoms with E-state index in [2.05, 4.69) is 16.0 Å². The van der Waals surface area contributed by atoms with E-state index in [-0.39, 0.29) is 47.4 Å². The molecule has 13 heteroatoms. The normalized spacial score (nSPS) is 26.0. The van der Waals surface area contributed by atoms with Gasteiger partial charge in [0, 0.05) is 35.9 Å². The van der Waals surface area contributed by atoms with Crippen molar-refractivity contribution in [2.45, 2.75) is 110 Å². The van der Waals surface area contributed by atoms with Crippen molar-refractivity contribution in [1.29, 1.82) is 0 Å². The van der Waals surface area contributed by atoms with Gasteiger partial charge in [-0.05, 0) is 64.2 Å². The topological polar surface area (TPSA) is 154 Å². The van der Waals surface area contributed by atoms with Gasteiger partial charge in [-0.2, -0.15) is 0 Å². The zero-order valence-electron chi connectivity index (χ0n) is 28.4. The molecule has 47 heavy (non-hydrogen) atoms. The number of benzene rings is 1. The van der Waals surface area contributed by atoms with Crippen molar-refractivity contribution in [1.82, 2.24) is 20.9 Å². The number of nitrogens with one attached hydrogen (secondary N) is 3. The molecule has 2 aliphatic heterocycles. The lowest BCUT2D eigenvalue weighted by atomic mass is 9.81. The summed E-state index contributed by atoms with van der Waals surface area (Å²) >= 11 is 0. The van der Waals surface area contributed by atoms with Crippen LogP contribution in [0.3, 0.4) is 0 Å². The molecule has 1 aromatic carbocycles. The van der Waals surface area contributed by atoms with Crippen LogP contribution in [-0.4, -0.2) is 87.9 Å². The molecule has 0 bridgehead atoms. The van der Waals surface area contributed by atoms with Gasteiger partial charge in [0.15, 0.2) is 0 Å². The summed E-state index contributed by atoms with van der Waals surface area (Å²) in [5, 5.41) is 18.7. The Bertz CT molecular complexity index is 1320. The van der Waals surface area contributed by atoms with Crippen LogP contribution in [0.25, 0.3) is 0 Å². The number of carbonyl (C=O) groups is 5. The lowest BCUT2D eigenvalue weighted by Crippen LogP contribution is -2.56. The number of aromatic hydroxyl groups is 1. The molecular formula is C34H50N4O7S2. The van der Waals surface area contributed by atoms with Crippen molar-refractivity contribution in [3.05, 3.63) is 29.8 Å². The van der Waals surface area contributed by atoms with E-state index in [1.54, 1.807) is 49.9 Å². The van der Waals surface area contributed by atoms with Crippen LogP contribution in [0, 0.1) is 10.8 Å². The van der Waals surface area contributed by atoms with Crippen molar-refractivity contribution in [2.75, 3.05) is 24.6 Å². The number of nitrogens with zero attached hydrogens (tertiary/aromatic N) is 1. The Morgan fingerprint density at radius 3 is 2.23 bits per heavy atom. The van der Waals surface area contributed by atoms with Gasteiger partial charge in [-0.25, -0.2) is 4.79 Å². The molecule has 3 aliphatic rings. The summed E-state index contributed by atoms with van der Waals surface area (Å²) < 4.78 is 5.63. The number of likely N-dealkylation sites (tertiary alicyclic amines) is 1. The minimum absolute atomic E-state index is 0.107. The molecule has 4 amide bonds. The zero-order valence-corrected chi connectivity index (χ0v) is 30.0. The molecule has 2 unspecified atom stereocenters. The van der Waals surface area contributed by atoms with Gasteiger partial charge in [0.05, 0.1) is 5.41 Å². The molecule has 2 heterocycles. The average molecular weight is 691 g/mol. The second-order valence-electron chi connectivity index (χ2n) is 14.9. The van der Waals surface area contributed by atoms with Gasteiger partial charge in [0.2, 0.25) is 23.6 Å². The van der Waals surface area contributed by atoms with Crippen LogP contribution in [0.2, 0.25) is 0 Å². The van der Waals surface area contributed by atoms with E-state index in [4.69, 9.17) is 4.74 Å². The molecular weight excluding hydrogens is 641 g/mol. The maximum atomic E-state index is 14.1. The molecule has 4 rings (SSSR count). The first-order valence-electron chi connectivity index (χ1n) is 16.5. The van der Waals surface area contributed by atoms with Gasteiger partial charge in [0.1, 0.15) is 29.5 Å². The highest BCUT2D eigenvalue weighted by Crippen LogP contribution is 2.42. The van der Waals surface area contributed by atoms with E-state index < -0.39 is 46.4 Å². The molecule has 3 fully saturated rings. The number of hydrogen-bond donors (Lipinski definition) is 4. The second kappa shape index (κ2) is 15.1. The summed E-state index contributed by atoms with van der Waals surface area (Å²) in [5.74, 6) is -1.44. The number of esters is 1. The second-order valence-corrected chi connectivity index (χ2v) is 17.5. The number of hydrogen-bond acceptors (Lipinski definition) is 9. The number of phenolic OH excluding ortho intramolecular Hbond substituents is 1. The fraction of sp³-hybridized carbons (Fsp3) is 0.676. The summed E-state index contributed by atoms with van der Waals surface area (Å²) in [6, 6.07) is 4.03. The highest BCUT2D eigenvalue weighted by atomic mass is 33.1. The molecule has 260 valence electrons. The van der Waals surface area contributed by atoms with Crippen LogP contribution in [0.5, 0.6) is 5.75 Å². The Morgan fingerprint density at radius 2 is 1.62 bits per heavy atom. The lowest BCUT2D eigenvalue weighted by molar-refractivity contribution is -0.158. The fourth-order valence-electron chi connectivity index (χ4n) is 6.56. The molecule has 1 aliphatic carbocycles. The van der Waals surface area contributed by atoms with E-state index in [0.717, 1.165) is 18.4 Å². The molecule has 0 aromatic heterocycles. The van der Waals surface area contributed by atoms with Gasteiger partial charge in [0.25, 0.3) is 0 Å². The van der Waals surface area contributed by atoms with Crippen molar-refractivity contribution < 1.29 is 33.8 Å². The molecule has 1 spiro atoms. The largest absolute Gasteiger partial charge is 0.508 e. The van der Waals surface area contributed by atoms with Crippen LogP contribution in [0.4, 0.5) is 0 Å². The Hall–Kier alpha value is -2.93. The Morgan fingerprint density at radius 1 is 0.979 bits per heavy atom. The first-order valence-corrected chi connectivity index (χ1v) is 19.0. The van der Waals surface area contributed by atoms with Gasteiger partial charge in [-0.1, -0.05) is 67.3 Å². The number of amides is 4. The Kier molecular flexibility index (Phi) is 11.8. The van der Waals surface area contributed by atoms with E-state index in [1.165, 1.54) is 21.6 Å². The van der Waals surface area contributed by atoms with Crippen LogP contribution >= 0.6 is 21.6 Å². The van der Waals surface area contributed by atoms with E-state index in [0.29, 0.717) is 32.2 Å². The molecule has 0 radical (unpaired) electrons. The highest BCUT2D eigenvalue weighted by molar-refractivity contribution is 8.76. The van der Waals surface area contributed by atoms with Gasteiger partial charge in [-0.3, -0.25) is 19.2 Å². The summed E-state index contributed by atoms with van der Waals surface area (Å²) in [6.45, 7) is 11.4. The maximum Gasteiger partial charge on any atom is 0.330 e. The smallest absolute Gasteiger partial charge is 0.330 e. The molecule has 1 saturated carbocycles. The lowest BCUT2D eigenvalue weighted by Gasteiger charge is -2.33. The molecule has 1 aromatic rings. The average Bonchev–Trinajstić information content (AvgIpc) is 3.64. The molecule has 2 saturated heterocycles. The van der Waals surface area contributed by atoms with Crippen LogP contribution in [0.15, 0.2) is 24.3 Å². The summed E-state index contributed by atoms with van der Waals surface area (Å²) in [4.78, 5) is 69.7. The first kappa shape index (κ1) is 36.9. The minimum Gasteiger partial charge on any atom is -0.508 e. The number of ether oxygens (including phenoxy) is 1. The monoisotopic (exact) mass is 690 g/mol. The quantitative estimate of drug-likeness (QED) is 0.272. The van der Waals surface area contributed by atoms with Crippen molar-refractivity contribution in [3.63, 3.8) is 0 Å². The highest BCUT2D eigenvalue weighted by Gasteiger charge is 2.46. The molecule has 4 N–H and O–H groups in total. The molecule has 4 atom stereocenters. The van der Waals surface area contributed by atoms with Crippen LogP contribution in [-0.2, 0) is 28.7 Å². The third kappa shape index (κ3) is 9.37. The maximum absolute atomic E-state index is 14.1. The predicted octanol–water partition coefficient (Wildman–Crippen LogP) is 3.90. The summed E-state index contributed by atoms with van der Waals surface area (Å²) in [6.07, 6.45) is 4.06. The summed E-state index contributed by atoms with van der Waals surface area (Å²) in [5.41, 5.74) is -1.32.